The van der Waals surface area contributed by atoms with E-state index in [9.17, 15) is 14.9 Å². The third-order valence-corrected chi connectivity index (χ3v) is 2.33. The van der Waals surface area contributed by atoms with E-state index in [1.807, 2.05) is 0 Å². The second-order valence-electron chi connectivity index (χ2n) is 3.55. The lowest BCUT2D eigenvalue weighted by Gasteiger charge is -2.17. The number of rotatable bonds is 5. The average Bonchev–Trinajstić information content (AvgIpc) is 2.37. The Bertz CT molecular complexity index is 463. The van der Waals surface area contributed by atoms with E-state index in [1.54, 1.807) is 7.05 Å². The molecule has 0 aliphatic carbocycles. The molecule has 98 valence electrons. The molecule has 8 heteroatoms. The van der Waals surface area contributed by atoms with Crippen molar-refractivity contribution in [1.29, 1.82) is 0 Å². The van der Waals surface area contributed by atoms with Crippen LogP contribution in [-0.4, -0.2) is 53.1 Å². The van der Waals surface area contributed by atoms with E-state index >= 15 is 0 Å². The Labute approximate surface area is 103 Å². The molecule has 0 unspecified atom stereocenters. The molecule has 0 atom stereocenters. The summed E-state index contributed by atoms with van der Waals surface area (Å²) in [5, 5.41) is 22.1. The van der Waals surface area contributed by atoms with E-state index in [-0.39, 0.29) is 30.2 Å². The van der Waals surface area contributed by atoms with Crippen LogP contribution in [0.4, 0.5) is 11.5 Å². The van der Waals surface area contributed by atoms with E-state index in [0.717, 1.165) is 12.3 Å². The summed E-state index contributed by atoms with van der Waals surface area (Å²) in [5.74, 6) is -0.181. The highest BCUT2D eigenvalue weighted by atomic mass is 16.6. The molecule has 1 rings (SSSR count). The predicted octanol–water partition coefficient (Wildman–Crippen LogP) is 0.0958. The Morgan fingerprint density at radius 3 is 2.83 bits per heavy atom. The standard InChI is InChI=1S/C10H14N4O4/c1-11-9-8(10(16)13(2)3-4-15)5-7(6-12-9)14(17)18/h5-6,15H,3-4H2,1-2H3,(H,11,12). The predicted molar refractivity (Wildman–Crippen MR) is 64.5 cm³/mol. The Balaban J connectivity index is 3.15. The van der Waals surface area contributed by atoms with Gasteiger partial charge in [-0.3, -0.25) is 14.9 Å². The molecule has 0 radical (unpaired) electrons. The number of nitrogens with one attached hydrogen (secondary N) is 1. The van der Waals surface area contributed by atoms with Gasteiger partial charge in [-0.05, 0) is 0 Å². The number of aliphatic hydroxyl groups is 1. The molecule has 0 aliphatic heterocycles. The van der Waals surface area contributed by atoms with Crippen LogP contribution in [0.5, 0.6) is 0 Å². The molecule has 0 saturated heterocycles. The molecule has 0 saturated carbocycles. The van der Waals surface area contributed by atoms with Crippen molar-refractivity contribution in [3.05, 3.63) is 27.9 Å². The van der Waals surface area contributed by atoms with Crippen LogP contribution in [0.2, 0.25) is 0 Å². The maximum Gasteiger partial charge on any atom is 0.288 e. The van der Waals surface area contributed by atoms with Gasteiger partial charge < -0.3 is 15.3 Å². The number of aliphatic hydroxyl groups excluding tert-OH is 1. The van der Waals surface area contributed by atoms with E-state index in [1.165, 1.54) is 11.9 Å². The molecule has 8 nitrogen and oxygen atoms in total. The van der Waals surface area contributed by atoms with Crippen molar-refractivity contribution in [2.75, 3.05) is 32.6 Å². The highest BCUT2D eigenvalue weighted by Crippen LogP contribution is 2.20. The molecule has 1 heterocycles. The van der Waals surface area contributed by atoms with Gasteiger partial charge >= 0.3 is 0 Å². The minimum Gasteiger partial charge on any atom is -0.395 e. The smallest absolute Gasteiger partial charge is 0.288 e. The number of amides is 1. The van der Waals surface area contributed by atoms with E-state index < -0.39 is 10.8 Å². The quantitative estimate of drug-likeness (QED) is 0.569. The Kier molecular flexibility index (Phi) is 4.55. The highest BCUT2D eigenvalue weighted by molar-refractivity contribution is 5.99. The molecular weight excluding hydrogens is 240 g/mol. The monoisotopic (exact) mass is 254 g/mol. The molecule has 0 aromatic carbocycles. The van der Waals surface area contributed by atoms with E-state index in [0.29, 0.717) is 0 Å². The van der Waals surface area contributed by atoms with Gasteiger partial charge in [-0.25, -0.2) is 4.98 Å². The zero-order valence-electron chi connectivity index (χ0n) is 10.1. The number of hydrogen-bond donors (Lipinski definition) is 2. The second kappa shape index (κ2) is 5.92. The zero-order chi connectivity index (χ0) is 13.7. The SMILES string of the molecule is CNc1ncc([N+](=O)[O-])cc1C(=O)N(C)CCO. The highest BCUT2D eigenvalue weighted by Gasteiger charge is 2.20. The first-order chi connectivity index (χ1) is 8.51. The van der Waals surface area contributed by atoms with E-state index in [4.69, 9.17) is 5.11 Å². The molecule has 0 aliphatic rings. The maximum atomic E-state index is 12.0. The first-order valence-corrected chi connectivity index (χ1v) is 5.19. The number of carbonyl (C=O) groups excluding carboxylic acids is 1. The first-order valence-electron chi connectivity index (χ1n) is 5.19. The summed E-state index contributed by atoms with van der Waals surface area (Å²) in [7, 11) is 3.06. The Morgan fingerprint density at radius 2 is 2.33 bits per heavy atom. The Hall–Kier alpha value is -2.22. The largest absolute Gasteiger partial charge is 0.395 e. The van der Waals surface area contributed by atoms with Crippen molar-refractivity contribution in [3.63, 3.8) is 0 Å². The summed E-state index contributed by atoms with van der Waals surface area (Å²) in [4.78, 5) is 27.1. The number of anilines is 1. The molecule has 0 spiro atoms. The lowest BCUT2D eigenvalue weighted by molar-refractivity contribution is -0.385. The van der Waals surface area contributed by atoms with Crippen LogP contribution in [0.15, 0.2) is 12.3 Å². The molecule has 1 aromatic rings. The molecular formula is C10H14N4O4. The number of hydrogen-bond acceptors (Lipinski definition) is 6. The minimum absolute atomic E-state index is 0.0997. The van der Waals surface area contributed by atoms with Gasteiger partial charge in [0.15, 0.2) is 0 Å². The molecule has 1 aromatic heterocycles. The number of carbonyl (C=O) groups is 1. The van der Waals surface area contributed by atoms with Crippen molar-refractivity contribution in [2.45, 2.75) is 0 Å². The van der Waals surface area contributed by atoms with Gasteiger partial charge in [0.25, 0.3) is 11.6 Å². The summed E-state index contributed by atoms with van der Waals surface area (Å²) >= 11 is 0. The number of nitrogens with zero attached hydrogens (tertiary/aromatic N) is 3. The fourth-order valence-corrected chi connectivity index (χ4v) is 1.37. The van der Waals surface area contributed by atoms with Crippen molar-refractivity contribution in [1.82, 2.24) is 9.88 Å². The summed E-state index contributed by atoms with van der Waals surface area (Å²) in [6.07, 6.45) is 1.08. The van der Waals surface area contributed by atoms with Crippen molar-refractivity contribution in [2.24, 2.45) is 0 Å². The third-order valence-electron chi connectivity index (χ3n) is 2.33. The van der Waals surface area contributed by atoms with Gasteiger partial charge in [-0.2, -0.15) is 0 Å². The lowest BCUT2D eigenvalue weighted by Crippen LogP contribution is -2.30. The normalized spacial score (nSPS) is 9.94. The van der Waals surface area contributed by atoms with Crippen LogP contribution in [0.1, 0.15) is 10.4 Å². The van der Waals surface area contributed by atoms with Gasteiger partial charge in [-0.15, -0.1) is 0 Å². The van der Waals surface area contributed by atoms with Crippen LogP contribution in [0, 0.1) is 10.1 Å². The second-order valence-corrected chi connectivity index (χ2v) is 3.55. The molecule has 18 heavy (non-hydrogen) atoms. The van der Waals surface area contributed by atoms with Crippen LogP contribution >= 0.6 is 0 Å². The molecule has 2 N–H and O–H groups in total. The summed E-state index contributed by atoms with van der Waals surface area (Å²) in [5.41, 5.74) is -0.155. The maximum absolute atomic E-state index is 12.0. The molecule has 0 bridgehead atoms. The fraction of sp³-hybridized carbons (Fsp3) is 0.400. The van der Waals surface area contributed by atoms with Crippen LogP contribution in [0.3, 0.4) is 0 Å². The van der Waals surface area contributed by atoms with Crippen LogP contribution in [0.25, 0.3) is 0 Å². The first kappa shape index (κ1) is 13.8. The van der Waals surface area contributed by atoms with Crippen molar-refractivity contribution >= 4 is 17.4 Å². The van der Waals surface area contributed by atoms with Gasteiger partial charge in [0.05, 0.1) is 17.1 Å². The topological polar surface area (TPSA) is 109 Å². The molecule has 0 fully saturated rings. The fourth-order valence-electron chi connectivity index (χ4n) is 1.37. The van der Waals surface area contributed by atoms with Gasteiger partial charge in [0.1, 0.15) is 12.0 Å². The van der Waals surface area contributed by atoms with Crippen molar-refractivity contribution < 1.29 is 14.8 Å². The lowest BCUT2D eigenvalue weighted by atomic mass is 10.2. The van der Waals surface area contributed by atoms with Gasteiger partial charge in [0.2, 0.25) is 0 Å². The van der Waals surface area contributed by atoms with E-state index in [2.05, 4.69) is 10.3 Å². The third kappa shape index (κ3) is 2.92. The van der Waals surface area contributed by atoms with Crippen molar-refractivity contribution in [3.8, 4) is 0 Å². The van der Waals surface area contributed by atoms with Gasteiger partial charge in [0, 0.05) is 26.7 Å². The minimum atomic E-state index is -0.616. The number of aromatic nitrogens is 1. The number of likely N-dealkylation sites (N-methyl/N-ethyl adjacent to an activating group) is 1. The van der Waals surface area contributed by atoms with Crippen LogP contribution < -0.4 is 5.32 Å². The number of nitro groups is 1. The summed E-state index contributed by atoms with van der Waals surface area (Å²) < 4.78 is 0. The summed E-state index contributed by atoms with van der Waals surface area (Å²) in [6.45, 7) is -0.0375. The number of pyridine rings is 1. The zero-order valence-corrected chi connectivity index (χ0v) is 10.1. The average molecular weight is 254 g/mol. The summed E-state index contributed by atoms with van der Waals surface area (Å²) in [6, 6.07) is 1.16. The van der Waals surface area contributed by atoms with Crippen LogP contribution in [-0.2, 0) is 0 Å². The molecule has 1 amide bonds. The Morgan fingerprint density at radius 1 is 1.67 bits per heavy atom. The van der Waals surface area contributed by atoms with Gasteiger partial charge in [-0.1, -0.05) is 0 Å².